The average Bonchev–Trinajstić information content (AvgIpc) is 2.90. The van der Waals surface area contributed by atoms with Gasteiger partial charge >= 0.3 is 0 Å². The molecule has 2 amide bonds. The van der Waals surface area contributed by atoms with Crippen molar-refractivity contribution < 1.29 is 9.59 Å². The number of hydrogen-bond donors (Lipinski definition) is 1. The number of halogens is 1. The molecule has 0 bridgehead atoms. The van der Waals surface area contributed by atoms with E-state index in [0.717, 1.165) is 25.9 Å². The highest BCUT2D eigenvalue weighted by Crippen LogP contribution is 2.20. The van der Waals surface area contributed by atoms with E-state index in [9.17, 15) is 9.59 Å². The summed E-state index contributed by atoms with van der Waals surface area (Å²) in [5.74, 6) is 0.00652. The molecule has 106 valence electrons. The molecule has 3 rings (SSSR count). The molecule has 0 atom stereocenters. The SMILES string of the molecule is O=C1CN(c2nc(Cl)nc(N3CCCC3)n2)CC(=O)N1. The van der Waals surface area contributed by atoms with E-state index in [0.29, 0.717) is 5.95 Å². The van der Waals surface area contributed by atoms with Gasteiger partial charge in [-0.25, -0.2) is 0 Å². The molecule has 8 nitrogen and oxygen atoms in total. The molecule has 1 aromatic heterocycles. The normalized spacial score (nSPS) is 19.4. The molecule has 20 heavy (non-hydrogen) atoms. The first-order valence-electron chi connectivity index (χ1n) is 6.36. The number of aromatic nitrogens is 3. The topological polar surface area (TPSA) is 91.3 Å². The Morgan fingerprint density at radius 3 is 2.05 bits per heavy atom. The van der Waals surface area contributed by atoms with E-state index < -0.39 is 0 Å². The number of nitrogens with zero attached hydrogens (tertiary/aromatic N) is 5. The first kappa shape index (κ1) is 13.0. The standard InChI is InChI=1S/C11H13ClN6O2/c12-9-14-10(17-3-1-2-4-17)16-11(15-9)18-5-7(19)13-8(20)6-18/h1-6H2,(H,13,19,20). The van der Waals surface area contributed by atoms with Gasteiger partial charge in [-0.1, -0.05) is 0 Å². The molecule has 1 aromatic rings. The maximum Gasteiger partial charge on any atom is 0.246 e. The maximum atomic E-state index is 11.4. The molecule has 2 aliphatic heterocycles. The Labute approximate surface area is 120 Å². The number of amides is 2. The van der Waals surface area contributed by atoms with Crippen molar-refractivity contribution in [2.45, 2.75) is 12.8 Å². The second kappa shape index (κ2) is 5.20. The first-order valence-corrected chi connectivity index (χ1v) is 6.74. The third kappa shape index (κ3) is 2.64. The number of carbonyl (C=O) groups is 2. The molecule has 9 heteroatoms. The largest absolute Gasteiger partial charge is 0.341 e. The van der Waals surface area contributed by atoms with Crippen LogP contribution in [0.1, 0.15) is 12.8 Å². The van der Waals surface area contributed by atoms with Crippen molar-refractivity contribution in [3.63, 3.8) is 0 Å². The minimum absolute atomic E-state index is 0.0333. The fourth-order valence-electron chi connectivity index (χ4n) is 2.31. The predicted molar refractivity (Wildman–Crippen MR) is 71.6 cm³/mol. The third-order valence-electron chi connectivity index (χ3n) is 3.20. The van der Waals surface area contributed by atoms with Crippen molar-refractivity contribution in [3.8, 4) is 0 Å². The van der Waals surface area contributed by atoms with Gasteiger partial charge in [-0.15, -0.1) is 0 Å². The minimum Gasteiger partial charge on any atom is -0.341 e. The van der Waals surface area contributed by atoms with Crippen LogP contribution in [0.4, 0.5) is 11.9 Å². The maximum absolute atomic E-state index is 11.4. The van der Waals surface area contributed by atoms with Crippen molar-refractivity contribution in [1.82, 2.24) is 20.3 Å². The summed E-state index contributed by atoms with van der Waals surface area (Å²) in [6.07, 6.45) is 2.17. The molecule has 3 heterocycles. The second-order valence-electron chi connectivity index (χ2n) is 4.73. The molecule has 1 N–H and O–H groups in total. The average molecular weight is 297 g/mol. The van der Waals surface area contributed by atoms with Crippen molar-refractivity contribution >= 4 is 35.3 Å². The van der Waals surface area contributed by atoms with Crippen molar-refractivity contribution in [2.75, 3.05) is 36.0 Å². The Hall–Kier alpha value is -1.96. The van der Waals surface area contributed by atoms with Crippen LogP contribution in [-0.4, -0.2) is 52.9 Å². The molecular weight excluding hydrogens is 284 g/mol. The van der Waals surface area contributed by atoms with Crippen LogP contribution in [0.3, 0.4) is 0 Å². The zero-order valence-corrected chi connectivity index (χ0v) is 11.4. The molecule has 0 spiro atoms. The summed E-state index contributed by atoms with van der Waals surface area (Å²) < 4.78 is 0. The number of anilines is 2. The van der Waals surface area contributed by atoms with Gasteiger partial charge in [-0.05, 0) is 24.4 Å². The fourth-order valence-corrected chi connectivity index (χ4v) is 2.46. The van der Waals surface area contributed by atoms with E-state index >= 15 is 0 Å². The first-order chi connectivity index (χ1) is 9.61. The number of carbonyl (C=O) groups excluding carboxylic acids is 2. The lowest BCUT2D eigenvalue weighted by Crippen LogP contribution is -2.52. The van der Waals surface area contributed by atoms with Crippen LogP contribution >= 0.6 is 11.6 Å². The van der Waals surface area contributed by atoms with Gasteiger partial charge in [0.15, 0.2) is 0 Å². The lowest BCUT2D eigenvalue weighted by Gasteiger charge is -2.26. The Balaban J connectivity index is 1.88. The zero-order valence-electron chi connectivity index (χ0n) is 10.7. The van der Waals surface area contributed by atoms with E-state index in [1.807, 2.05) is 4.90 Å². The molecular formula is C11H13ClN6O2. The molecule has 0 aliphatic carbocycles. The smallest absolute Gasteiger partial charge is 0.246 e. The molecule has 0 unspecified atom stereocenters. The van der Waals surface area contributed by atoms with E-state index in [1.54, 1.807) is 0 Å². The van der Waals surface area contributed by atoms with Crippen molar-refractivity contribution in [1.29, 1.82) is 0 Å². The zero-order chi connectivity index (χ0) is 14.1. The van der Waals surface area contributed by atoms with E-state index in [-0.39, 0.29) is 36.1 Å². The summed E-state index contributed by atoms with van der Waals surface area (Å²) in [6.45, 7) is 1.81. The van der Waals surface area contributed by atoms with Gasteiger partial charge in [-0.2, -0.15) is 15.0 Å². The molecule has 0 aromatic carbocycles. The molecule has 0 radical (unpaired) electrons. The van der Waals surface area contributed by atoms with Crippen LogP contribution in [0, 0.1) is 0 Å². The van der Waals surface area contributed by atoms with Crippen LogP contribution in [0.5, 0.6) is 0 Å². The van der Waals surface area contributed by atoms with E-state index in [2.05, 4.69) is 20.3 Å². The summed E-state index contributed by atoms with van der Waals surface area (Å²) in [5, 5.41) is 2.29. The number of imide groups is 1. The van der Waals surface area contributed by atoms with Crippen LogP contribution in [-0.2, 0) is 9.59 Å². The lowest BCUT2D eigenvalue weighted by atomic mass is 10.3. The highest BCUT2D eigenvalue weighted by molar-refractivity contribution is 6.28. The summed E-state index contributed by atoms with van der Waals surface area (Å²) in [6, 6.07) is 0. The van der Waals surface area contributed by atoms with Gasteiger partial charge in [0.05, 0.1) is 0 Å². The quantitative estimate of drug-likeness (QED) is 0.742. The summed E-state index contributed by atoms with van der Waals surface area (Å²) in [7, 11) is 0. The summed E-state index contributed by atoms with van der Waals surface area (Å²) >= 11 is 5.92. The highest BCUT2D eigenvalue weighted by atomic mass is 35.5. The van der Waals surface area contributed by atoms with Crippen LogP contribution in [0.15, 0.2) is 0 Å². The number of rotatable bonds is 2. The number of nitrogens with one attached hydrogen (secondary N) is 1. The molecule has 2 aliphatic rings. The van der Waals surface area contributed by atoms with Gasteiger partial charge in [0, 0.05) is 13.1 Å². The van der Waals surface area contributed by atoms with Crippen molar-refractivity contribution in [3.05, 3.63) is 5.28 Å². The number of piperazine rings is 1. The van der Waals surface area contributed by atoms with Crippen LogP contribution < -0.4 is 15.1 Å². The summed E-state index contributed by atoms with van der Waals surface area (Å²) in [4.78, 5) is 38.7. The molecule has 0 saturated carbocycles. The Morgan fingerprint density at radius 1 is 0.900 bits per heavy atom. The Morgan fingerprint density at radius 2 is 1.45 bits per heavy atom. The monoisotopic (exact) mass is 296 g/mol. The van der Waals surface area contributed by atoms with Gasteiger partial charge in [0.2, 0.25) is 29.0 Å². The van der Waals surface area contributed by atoms with Gasteiger partial charge < -0.3 is 9.80 Å². The Kier molecular flexibility index (Phi) is 3.39. The summed E-state index contributed by atoms with van der Waals surface area (Å²) in [5.41, 5.74) is 0. The Bertz CT molecular complexity index is 544. The second-order valence-corrected chi connectivity index (χ2v) is 5.06. The number of hydrogen-bond acceptors (Lipinski definition) is 7. The third-order valence-corrected chi connectivity index (χ3v) is 3.37. The molecule has 2 fully saturated rings. The van der Waals surface area contributed by atoms with Crippen LogP contribution in [0.2, 0.25) is 5.28 Å². The van der Waals surface area contributed by atoms with Crippen molar-refractivity contribution in [2.24, 2.45) is 0 Å². The van der Waals surface area contributed by atoms with Gasteiger partial charge in [0.1, 0.15) is 13.1 Å². The van der Waals surface area contributed by atoms with E-state index in [4.69, 9.17) is 11.6 Å². The molecule has 2 saturated heterocycles. The highest BCUT2D eigenvalue weighted by Gasteiger charge is 2.26. The minimum atomic E-state index is -0.375. The van der Waals surface area contributed by atoms with E-state index in [1.165, 1.54) is 4.90 Å². The fraction of sp³-hybridized carbons (Fsp3) is 0.545. The van der Waals surface area contributed by atoms with Gasteiger partial charge in [0.25, 0.3) is 0 Å². The predicted octanol–water partition coefficient (Wildman–Crippen LogP) is -0.412. The lowest BCUT2D eigenvalue weighted by molar-refractivity contribution is -0.130. The van der Waals surface area contributed by atoms with Crippen LogP contribution in [0.25, 0.3) is 0 Å². The van der Waals surface area contributed by atoms with Gasteiger partial charge in [-0.3, -0.25) is 14.9 Å².